The van der Waals surface area contributed by atoms with Crippen LogP contribution in [0.2, 0.25) is 0 Å². The number of aryl methyl sites for hydroxylation is 1. The SMILES string of the molecule is Cc1cccc(C(=O)N(CC2CCCN2)C2CC2)c1I. The van der Waals surface area contributed by atoms with E-state index in [2.05, 4.69) is 45.8 Å². The van der Waals surface area contributed by atoms with E-state index < -0.39 is 0 Å². The Kier molecular flexibility index (Phi) is 4.31. The molecule has 0 bridgehead atoms. The van der Waals surface area contributed by atoms with Crippen LogP contribution in [0.25, 0.3) is 0 Å². The maximum atomic E-state index is 12.9. The summed E-state index contributed by atoms with van der Waals surface area (Å²) in [5.41, 5.74) is 2.06. The standard InChI is InChI=1S/C16H21IN2O/c1-11-4-2-6-14(15(11)17)16(20)19(13-7-8-13)10-12-5-3-9-18-12/h2,4,6,12-13,18H,3,5,7-10H2,1H3. The Morgan fingerprint density at radius 3 is 2.85 bits per heavy atom. The first kappa shape index (κ1) is 14.3. The van der Waals surface area contributed by atoms with Crippen LogP contribution in [0.15, 0.2) is 18.2 Å². The van der Waals surface area contributed by atoms with Gasteiger partial charge in [-0.1, -0.05) is 12.1 Å². The highest BCUT2D eigenvalue weighted by atomic mass is 127. The van der Waals surface area contributed by atoms with Crippen molar-refractivity contribution in [2.75, 3.05) is 13.1 Å². The second-order valence-corrected chi connectivity index (χ2v) is 7.00. The van der Waals surface area contributed by atoms with Crippen LogP contribution in [0.3, 0.4) is 0 Å². The zero-order chi connectivity index (χ0) is 14.1. The predicted molar refractivity (Wildman–Crippen MR) is 89.0 cm³/mol. The number of nitrogens with zero attached hydrogens (tertiary/aromatic N) is 1. The number of rotatable bonds is 4. The van der Waals surface area contributed by atoms with E-state index in [1.165, 1.54) is 31.2 Å². The van der Waals surface area contributed by atoms with Gasteiger partial charge in [0.1, 0.15) is 0 Å². The van der Waals surface area contributed by atoms with Crippen molar-refractivity contribution in [2.24, 2.45) is 0 Å². The van der Waals surface area contributed by atoms with Gasteiger partial charge in [0.2, 0.25) is 0 Å². The fraction of sp³-hybridized carbons (Fsp3) is 0.562. The van der Waals surface area contributed by atoms with Crippen LogP contribution in [0, 0.1) is 10.5 Å². The first-order valence-electron chi connectivity index (χ1n) is 7.46. The lowest BCUT2D eigenvalue weighted by molar-refractivity contribution is 0.0727. The topological polar surface area (TPSA) is 32.3 Å². The molecule has 1 atom stereocenters. The highest BCUT2D eigenvalue weighted by Gasteiger charge is 2.35. The number of amides is 1. The zero-order valence-corrected chi connectivity index (χ0v) is 14.0. The lowest BCUT2D eigenvalue weighted by Crippen LogP contribution is -2.42. The summed E-state index contributed by atoms with van der Waals surface area (Å²) < 4.78 is 1.10. The third kappa shape index (κ3) is 3.01. The lowest BCUT2D eigenvalue weighted by Gasteiger charge is -2.26. The molecule has 1 aliphatic heterocycles. The molecule has 0 aromatic heterocycles. The number of nitrogens with one attached hydrogen (secondary N) is 1. The Morgan fingerprint density at radius 1 is 1.40 bits per heavy atom. The Labute approximate surface area is 134 Å². The molecule has 1 N–H and O–H groups in total. The van der Waals surface area contributed by atoms with E-state index in [0.717, 1.165) is 22.2 Å². The molecular formula is C16H21IN2O. The number of carbonyl (C=O) groups excluding carboxylic acids is 1. The van der Waals surface area contributed by atoms with Crippen molar-refractivity contribution < 1.29 is 4.79 Å². The van der Waals surface area contributed by atoms with Crippen molar-refractivity contribution in [1.82, 2.24) is 10.2 Å². The minimum Gasteiger partial charge on any atom is -0.334 e. The molecule has 1 amide bonds. The van der Waals surface area contributed by atoms with Crippen LogP contribution in [-0.2, 0) is 0 Å². The van der Waals surface area contributed by atoms with E-state index in [4.69, 9.17) is 0 Å². The molecule has 108 valence electrons. The molecule has 3 rings (SSSR count). The maximum Gasteiger partial charge on any atom is 0.255 e. The number of hydrogen-bond acceptors (Lipinski definition) is 2. The molecule has 1 saturated heterocycles. The summed E-state index contributed by atoms with van der Waals surface area (Å²) in [7, 11) is 0. The molecule has 3 nitrogen and oxygen atoms in total. The van der Waals surface area contributed by atoms with E-state index in [1.54, 1.807) is 0 Å². The number of hydrogen-bond donors (Lipinski definition) is 1. The Morgan fingerprint density at radius 2 is 2.20 bits per heavy atom. The van der Waals surface area contributed by atoms with Gasteiger partial charge in [-0.05, 0) is 73.4 Å². The first-order chi connectivity index (χ1) is 9.66. The quantitative estimate of drug-likeness (QED) is 0.810. The van der Waals surface area contributed by atoms with Gasteiger partial charge in [-0.15, -0.1) is 0 Å². The van der Waals surface area contributed by atoms with Gasteiger partial charge in [-0.25, -0.2) is 0 Å². The maximum absolute atomic E-state index is 12.9. The molecule has 20 heavy (non-hydrogen) atoms. The van der Waals surface area contributed by atoms with Gasteiger partial charge in [0.05, 0.1) is 5.56 Å². The average molecular weight is 384 g/mol. The Balaban J connectivity index is 1.79. The summed E-state index contributed by atoms with van der Waals surface area (Å²) in [6.07, 6.45) is 4.77. The van der Waals surface area contributed by atoms with E-state index in [1.807, 2.05) is 12.1 Å². The number of carbonyl (C=O) groups is 1. The summed E-state index contributed by atoms with van der Waals surface area (Å²) in [5, 5.41) is 3.51. The molecule has 1 aromatic rings. The first-order valence-corrected chi connectivity index (χ1v) is 8.54. The minimum absolute atomic E-state index is 0.217. The monoisotopic (exact) mass is 384 g/mol. The molecule has 2 aliphatic rings. The van der Waals surface area contributed by atoms with Crippen molar-refractivity contribution >= 4 is 28.5 Å². The minimum atomic E-state index is 0.217. The summed E-state index contributed by atoms with van der Waals surface area (Å²) in [6, 6.07) is 6.99. The van der Waals surface area contributed by atoms with Crippen LogP contribution in [0.1, 0.15) is 41.6 Å². The second-order valence-electron chi connectivity index (χ2n) is 5.92. The van der Waals surface area contributed by atoms with Crippen molar-refractivity contribution in [2.45, 2.75) is 44.7 Å². The molecule has 0 spiro atoms. The van der Waals surface area contributed by atoms with Crippen LogP contribution in [0.4, 0.5) is 0 Å². The van der Waals surface area contributed by atoms with E-state index in [-0.39, 0.29) is 5.91 Å². The molecule has 1 unspecified atom stereocenters. The highest BCUT2D eigenvalue weighted by Crippen LogP contribution is 2.30. The molecule has 0 radical (unpaired) electrons. The van der Waals surface area contributed by atoms with Gasteiger partial charge < -0.3 is 10.2 Å². The third-order valence-corrected chi connectivity index (χ3v) is 5.68. The van der Waals surface area contributed by atoms with Gasteiger partial charge in [-0.2, -0.15) is 0 Å². The van der Waals surface area contributed by atoms with Crippen LogP contribution < -0.4 is 5.32 Å². The van der Waals surface area contributed by atoms with Gasteiger partial charge in [0.15, 0.2) is 0 Å². The summed E-state index contributed by atoms with van der Waals surface area (Å²) in [5.74, 6) is 0.217. The van der Waals surface area contributed by atoms with Gasteiger partial charge in [0.25, 0.3) is 5.91 Å². The van der Waals surface area contributed by atoms with Crippen LogP contribution >= 0.6 is 22.6 Å². The van der Waals surface area contributed by atoms with Crippen LogP contribution in [0.5, 0.6) is 0 Å². The molecule has 1 aliphatic carbocycles. The predicted octanol–water partition coefficient (Wildman–Crippen LogP) is 2.96. The lowest BCUT2D eigenvalue weighted by atomic mass is 10.1. The molecule has 1 aromatic carbocycles. The molecule has 1 heterocycles. The van der Waals surface area contributed by atoms with E-state index in [0.29, 0.717) is 12.1 Å². The molecule has 4 heteroatoms. The van der Waals surface area contributed by atoms with Gasteiger partial charge in [-0.3, -0.25) is 4.79 Å². The average Bonchev–Trinajstić information content (AvgIpc) is 3.15. The smallest absolute Gasteiger partial charge is 0.255 e. The molecular weight excluding hydrogens is 363 g/mol. The fourth-order valence-electron chi connectivity index (χ4n) is 2.90. The molecule has 1 saturated carbocycles. The van der Waals surface area contributed by atoms with E-state index >= 15 is 0 Å². The largest absolute Gasteiger partial charge is 0.334 e. The Hall–Kier alpha value is -0.620. The van der Waals surface area contributed by atoms with Crippen molar-refractivity contribution in [1.29, 1.82) is 0 Å². The number of benzene rings is 1. The Bertz CT molecular complexity index is 507. The molecule has 2 fully saturated rings. The van der Waals surface area contributed by atoms with Gasteiger partial charge >= 0.3 is 0 Å². The van der Waals surface area contributed by atoms with Gasteiger partial charge in [0, 0.05) is 22.2 Å². The summed E-state index contributed by atoms with van der Waals surface area (Å²) in [6.45, 7) is 4.03. The summed E-state index contributed by atoms with van der Waals surface area (Å²) in [4.78, 5) is 15.0. The highest BCUT2D eigenvalue weighted by molar-refractivity contribution is 14.1. The third-order valence-electron chi connectivity index (χ3n) is 4.25. The zero-order valence-electron chi connectivity index (χ0n) is 11.9. The van der Waals surface area contributed by atoms with Crippen molar-refractivity contribution in [3.05, 3.63) is 32.9 Å². The fourth-order valence-corrected chi connectivity index (χ4v) is 3.49. The van der Waals surface area contributed by atoms with Crippen molar-refractivity contribution in [3.63, 3.8) is 0 Å². The second kappa shape index (κ2) is 6.02. The number of halogens is 1. The summed E-state index contributed by atoms with van der Waals surface area (Å²) >= 11 is 2.30. The van der Waals surface area contributed by atoms with E-state index in [9.17, 15) is 4.79 Å². The van der Waals surface area contributed by atoms with Crippen LogP contribution in [-0.4, -0.2) is 36.0 Å². The van der Waals surface area contributed by atoms with Crippen molar-refractivity contribution in [3.8, 4) is 0 Å². The normalized spacial score (nSPS) is 22.0.